The van der Waals surface area contributed by atoms with Crippen molar-refractivity contribution in [3.63, 3.8) is 0 Å². The third-order valence-electron chi connectivity index (χ3n) is 4.14. The van der Waals surface area contributed by atoms with Crippen LogP contribution in [0.1, 0.15) is 22.3 Å². The zero-order valence-corrected chi connectivity index (χ0v) is 18.7. The number of carbonyl (C=O) groups is 2. The lowest BCUT2D eigenvalue weighted by molar-refractivity contribution is -0.384. The first kappa shape index (κ1) is 23.2. The van der Waals surface area contributed by atoms with Gasteiger partial charge in [0.1, 0.15) is 21.3 Å². The number of aryl methyl sites for hydroxylation is 1. The number of nitrogens with zero attached hydrogens (tertiary/aromatic N) is 2. The smallest absolute Gasteiger partial charge is 0.350 e. The highest BCUT2D eigenvalue weighted by Crippen LogP contribution is 2.31. The van der Waals surface area contributed by atoms with E-state index in [0.717, 1.165) is 16.9 Å². The lowest BCUT2D eigenvalue weighted by Gasteiger charge is -2.08. The van der Waals surface area contributed by atoms with Crippen LogP contribution in [0.3, 0.4) is 0 Å². The van der Waals surface area contributed by atoms with Gasteiger partial charge >= 0.3 is 5.97 Å². The predicted octanol–water partition coefficient (Wildman–Crippen LogP) is 4.87. The van der Waals surface area contributed by atoms with Gasteiger partial charge in [0.15, 0.2) is 6.61 Å². The van der Waals surface area contributed by atoms with E-state index in [9.17, 15) is 19.7 Å². The number of benzene rings is 2. The van der Waals surface area contributed by atoms with Gasteiger partial charge in [-0.1, -0.05) is 23.7 Å². The Morgan fingerprint density at radius 1 is 1.25 bits per heavy atom. The van der Waals surface area contributed by atoms with Crippen LogP contribution in [0.2, 0.25) is 5.02 Å². The Hall–Kier alpha value is -3.50. The molecular formula is C21H18ClN3O6S. The first-order valence-corrected chi connectivity index (χ1v) is 10.6. The van der Waals surface area contributed by atoms with Crippen molar-refractivity contribution in [2.75, 3.05) is 18.5 Å². The molecule has 11 heteroatoms. The highest BCUT2D eigenvalue weighted by atomic mass is 35.5. The molecule has 0 aliphatic carbocycles. The summed E-state index contributed by atoms with van der Waals surface area (Å²) in [6.45, 7) is 3.13. The molecule has 166 valence electrons. The summed E-state index contributed by atoms with van der Waals surface area (Å²) in [6, 6.07) is 11.1. The van der Waals surface area contributed by atoms with Crippen LogP contribution in [-0.4, -0.2) is 35.0 Å². The molecule has 1 amide bonds. The van der Waals surface area contributed by atoms with E-state index in [1.807, 2.05) is 6.07 Å². The number of anilines is 1. The number of thiazole rings is 1. The van der Waals surface area contributed by atoms with E-state index in [1.54, 1.807) is 32.0 Å². The fourth-order valence-electron chi connectivity index (χ4n) is 2.74. The van der Waals surface area contributed by atoms with Gasteiger partial charge in [0.25, 0.3) is 11.6 Å². The van der Waals surface area contributed by atoms with Gasteiger partial charge in [-0.05, 0) is 38.1 Å². The molecule has 0 unspecified atom stereocenters. The zero-order chi connectivity index (χ0) is 23.3. The number of hydrogen-bond acceptors (Lipinski definition) is 8. The number of nitro benzene ring substituents is 1. The molecule has 1 aromatic heterocycles. The molecule has 1 N–H and O–H groups in total. The van der Waals surface area contributed by atoms with Crippen molar-refractivity contribution in [2.45, 2.75) is 13.8 Å². The van der Waals surface area contributed by atoms with Crippen molar-refractivity contribution < 1.29 is 24.0 Å². The maximum absolute atomic E-state index is 12.4. The standard InChI is InChI=1S/C21H18ClN3O6S/c1-3-30-15-7-8-16(17(10-15)25(28)29)24-18(26)11-31-21(27)19-12(2)23-20(32-19)13-5-4-6-14(22)9-13/h4-10H,3,11H2,1-2H3,(H,24,26). The highest BCUT2D eigenvalue weighted by Gasteiger charge is 2.21. The van der Waals surface area contributed by atoms with Gasteiger partial charge in [0, 0.05) is 10.6 Å². The van der Waals surface area contributed by atoms with Crippen LogP contribution in [0.15, 0.2) is 42.5 Å². The number of aromatic nitrogens is 1. The average molecular weight is 476 g/mol. The molecule has 0 aliphatic rings. The van der Waals surface area contributed by atoms with Crippen molar-refractivity contribution in [1.29, 1.82) is 0 Å². The number of halogens is 1. The largest absolute Gasteiger partial charge is 0.494 e. The SMILES string of the molecule is CCOc1ccc(NC(=O)COC(=O)c2sc(-c3cccc(Cl)c3)nc2C)c([N+](=O)[O-])c1. The van der Waals surface area contributed by atoms with Crippen molar-refractivity contribution in [2.24, 2.45) is 0 Å². The number of esters is 1. The van der Waals surface area contributed by atoms with Crippen LogP contribution >= 0.6 is 22.9 Å². The number of rotatable bonds is 8. The molecule has 0 atom stereocenters. The number of amides is 1. The molecule has 3 rings (SSSR count). The molecule has 1 heterocycles. The van der Waals surface area contributed by atoms with Crippen LogP contribution in [0.25, 0.3) is 10.6 Å². The van der Waals surface area contributed by atoms with Crippen LogP contribution < -0.4 is 10.1 Å². The number of nitro groups is 1. The third-order valence-corrected chi connectivity index (χ3v) is 5.56. The van der Waals surface area contributed by atoms with Crippen molar-refractivity contribution >= 4 is 46.2 Å². The minimum absolute atomic E-state index is 0.0308. The van der Waals surface area contributed by atoms with Crippen LogP contribution in [0.4, 0.5) is 11.4 Å². The zero-order valence-electron chi connectivity index (χ0n) is 17.1. The Kier molecular flexibility index (Phi) is 7.39. The van der Waals surface area contributed by atoms with Crippen molar-refractivity contribution in [1.82, 2.24) is 4.98 Å². The summed E-state index contributed by atoms with van der Waals surface area (Å²) in [7, 11) is 0. The molecular weight excluding hydrogens is 458 g/mol. The van der Waals surface area contributed by atoms with Gasteiger partial charge in [-0.2, -0.15) is 0 Å². The van der Waals surface area contributed by atoms with Gasteiger partial charge in [0.2, 0.25) is 0 Å². The predicted molar refractivity (Wildman–Crippen MR) is 120 cm³/mol. The van der Waals surface area contributed by atoms with E-state index >= 15 is 0 Å². The minimum Gasteiger partial charge on any atom is -0.494 e. The maximum Gasteiger partial charge on any atom is 0.350 e. The lowest BCUT2D eigenvalue weighted by atomic mass is 10.2. The average Bonchev–Trinajstić information content (AvgIpc) is 3.15. The van der Waals surface area contributed by atoms with Gasteiger partial charge in [0.05, 0.1) is 23.3 Å². The van der Waals surface area contributed by atoms with E-state index in [0.29, 0.717) is 28.1 Å². The number of nitrogens with one attached hydrogen (secondary N) is 1. The first-order chi connectivity index (χ1) is 15.3. The number of hydrogen-bond donors (Lipinski definition) is 1. The molecule has 2 aromatic carbocycles. The summed E-state index contributed by atoms with van der Waals surface area (Å²) in [5.41, 5.74) is 0.847. The second-order valence-electron chi connectivity index (χ2n) is 6.44. The van der Waals surface area contributed by atoms with Gasteiger partial charge < -0.3 is 14.8 Å². The molecule has 32 heavy (non-hydrogen) atoms. The normalized spacial score (nSPS) is 10.5. The van der Waals surface area contributed by atoms with Gasteiger partial charge in [-0.25, -0.2) is 9.78 Å². The second kappa shape index (κ2) is 10.2. The van der Waals surface area contributed by atoms with E-state index in [4.69, 9.17) is 21.1 Å². The fourth-order valence-corrected chi connectivity index (χ4v) is 3.89. The summed E-state index contributed by atoms with van der Waals surface area (Å²) < 4.78 is 10.3. The quantitative estimate of drug-likeness (QED) is 0.280. The summed E-state index contributed by atoms with van der Waals surface area (Å²) in [4.78, 5) is 39.9. The van der Waals surface area contributed by atoms with E-state index in [-0.39, 0.29) is 16.3 Å². The van der Waals surface area contributed by atoms with Crippen LogP contribution in [0, 0.1) is 17.0 Å². The topological polar surface area (TPSA) is 121 Å². The molecule has 0 fully saturated rings. The fraction of sp³-hybridized carbons (Fsp3) is 0.190. The van der Waals surface area contributed by atoms with Crippen molar-refractivity contribution in [3.05, 3.63) is 68.2 Å². The van der Waals surface area contributed by atoms with E-state index < -0.39 is 23.4 Å². The molecule has 0 saturated heterocycles. The summed E-state index contributed by atoms with van der Waals surface area (Å²) in [5.74, 6) is -1.13. The van der Waals surface area contributed by atoms with Crippen molar-refractivity contribution in [3.8, 4) is 16.3 Å². The van der Waals surface area contributed by atoms with Crippen LogP contribution in [0.5, 0.6) is 5.75 Å². The molecule has 0 saturated carbocycles. The summed E-state index contributed by atoms with van der Waals surface area (Å²) >= 11 is 7.12. The molecule has 0 bridgehead atoms. The highest BCUT2D eigenvalue weighted by molar-refractivity contribution is 7.17. The molecule has 9 nitrogen and oxygen atoms in total. The van der Waals surface area contributed by atoms with Crippen LogP contribution in [-0.2, 0) is 9.53 Å². The summed E-state index contributed by atoms with van der Waals surface area (Å²) in [6.07, 6.45) is 0. The number of carbonyl (C=O) groups excluding carboxylic acids is 2. The minimum atomic E-state index is -0.720. The Morgan fingerprint density at radius 3 is 2.72 bits per heavy atom. The van der Waals surface area contributed by atoms with Gasteiger partial charge in [-0.15, -0.1) is 11.3 Å². The maximum atomic E-state index is 12.4. The monoisotopic (exact) mass is 475 g/mol. The first-order valence-electron chi connectivity index (χ1n) is 9.40. The Labute approximate surface area is 192 Å². The molecule has 0 aliphatic heterocycles. The number of ether oxygens (including phenoxy) is 2. The molecule has 0 radical (unpaired) electrons. The molecule has 0 spiro atoms. The lowest BCUT2D eigenvalue weighted by Crippen LogP contribution is -2.21. The Morgan fingerprint density at radius 2 is 2.03 bits per heavy atom. The molecule has 3 aromatic rings. The van der Waals surface area contributed by atoms with E-state index in [1.165, 1.54) is 18.2 Å². The van der Waals surface area contributed by atoms with E-state index in [2.05, 4.69) is 10.3 Å². The Balaban J connectivity index is 1.66. The van der Waals surface area contributed by atoms with Gasteiger partial charge in [-0.3, -0.25) is 14.9 Å². The Bertz CT molecular complexity index is 1180. The second-order valence-corrected chi connectivity index (χ2v) is 7.87. The summed E-state index contributed by atoms with van der Waals surface area (Å²) in [5, 5.41) is 14.8. The third kappa shape index (κ3) is 5.59.